The van der Waals surface area contributed by atoms with Crippen molar-refractivity contribution in [1.29, 1.82) is 0 Å². The summed E-state index contributed by atoms with van der Waals surface area (Å²) in [6, 6.07) is 5.24. The van der Waals surface area contributed by atoms with E-state index in [9.17, 15) is 12.6 Å². The molecule has 7 heteroatoms. The molecule has 2 atom stereocenters. The van der Waals surface area contributed by atoms with Gasteiger partial charge in [0.1, 0.15) is 4.90 Å². The second-order valence-electron chi connectivity index (χ2n) is 7.50. The van der Waals surface area contributed by atoms with E-state index in [1.807, 2.05) is 6.07 Å². The Bertz CT molecular complexity index is 767. The Morgan fingerprint density at radius 3 is 2.36 bits per heavy atom. The summed E-state index contributed by atoms with van der Waals surface area (Å²) in [4.78, 5) is 0.873. The SMILES string of the molecule is O=S(c1ccc2c(c1)S(=O)(=O)NC(C1CCCCC1)N2)C1CCCC1. The maximum absolute atomic E-state index is 12.8. The summed E-state index contributed by atoms with van der Waals surface area (Å²) in [5.41, 5.74) is 0.640. The minimum Gasteiger partial charge on any atom is -0.368 e. The molecule has 138 valence electrons. The Labute approximate surface area is 152 Å². The number of benzene rings is 1. The number of hydrogen-bond acceptors (Lipinski definition) is 4. The van der Waals surface area contributed by atoms with Gasteiger partial charge in [0.25, 0.3) is 0 Å². The topological polar surface area (TPSA) is 75.3 Å². The normalized spacial score (nSPS) is 28.2. The van der Waals surface area contributed by atoms with E-state index in [2.05, 4.69) is 10.0 Å². The fourth-order valence-electron chi connectivity index (χ4n) is 4.37. The molecule has 25 heavy (non-hydrogen) atoms. The van der Waals surface area contributed by atoms with Crippen LogP contribution >= 0.6 is 0 Å². The van der Waals surface area contributed by atoms with Gasteiger partial charge in [0.05, 0.1) is 22.7 Å². The van der Waals surface area contributed by atoms with E-state index in [0.29, 0.717) is 16.5 Å². The summed E-state index contributed by atoms with van der Waals surface area (Å²) in [6.07, 6.45) is 9.61. The average Bonchev–Trinajstić information content (AvgIpc) is 3.16. The second-order valence-corrected chi connectivity index (χ2v) is 10.9. The van der Waals surface area contributed by atoms with Crippen molar-refractivity contribution in [1.82, 2.24) is 4.72 Å². The van der Waals surface area contributed by atoms with E-state index in [-0.39, 0.29) is 16.3 Å². The lowest BCUT2D eigenvalue weighted by Gasteiger charge is -2.35. The number of sulfonamides is 1. The predicted octanol–water partition coefficient (Wildman–Crippen LogP) is 3.35. The van der Waals surface area contributed by atoms with E-state index in [1.165, 1.54) is 6.42 Å². The van der Waals surface area contributed by atoms with Crippen LogP contribution in [0.15, 0.2) is 28.0 Å². The van der Waals surface area contributed by atoms with E-state index in [1.54, 1.807) is 12.1 Å². The molecule has 0 amide bonds. The summed E-state index contributed by atoms with van der Waals surface area (Å²) >= 11 is 0. The molecule has 2 N–H and O–H groups in total. The van der Waals surface area contributed by atoms with E-state index in [0.717, 1.165) is 51.4 Å². The lowest BCUT2D eigenvalue weighted by atomic mass is 9.87. The molecule has 2 aliphatic carbocycles. The number of anilines is 1. The Balaban J connectivity index is 1.60. The van der Waals surface area contributed by atoms with Gasteiger partial charge in [-0.1, -0.05) is 32.1 Å². The molecule has 0 saturated heterocycles. The molecule has 0 radical (unpaired) electrons. The van der Waals surface area contributed by atoms with Gasteiger partial charge in [-0.15, -0.1) is 0 Å². The van der Waals surface area contributed by atoms with Crippen LogP contribution in [0.3, 0.4) is 0 Å². The molecule has 5 nitrogen and oxygen atoms in total. The number of rotatable bonds is 3. The fourth-order valence-corrected chi connectivity index (χ4v) is 7.44. The quantitative estimate of drug-likeness (QED) is 0.841. The third kappa shape index (κ3) is 3.51. The van der Waals surface area contributed by atoms with Crippen molar-refractivity contribution >= 4 is 26.5 Å². The lowest BCUT2D eigenvalue weighted by Crippen LogP contribution is -2.49. The first-order valence-electron chi connectivity index (χ1n) is 9.38. The summed E-state index contributed by atoms with van der Waals surface area (Å²) in [7, 11) is -4.69. The number of fused-ring (bicyclic) bond motifs is 1. The smallest absolute Gasteiger partial charge is 0.244 e. The van der Waals surface area contributed by atoms with Crippen LogP contribution in [-0.2, 0) is 20.8 Å². The Kier molecular flexibility index (Phi) is 4.90. The standard InChI is InChI=1S/C18H26N2O3S2/c21-24(14-8-4-5-9-14)15-10-11-16-17(12-15)25(22,23)20-18(19-16)13-6-2-1-3-7-13/h10-14,18-20H,1-9H2. The monoisotopic (exact) mass is 382 g/mol. The van der Waals surface area contributed by atoms with E-state index >= 15 is 0 Å². The Morgan fingerprint density at radius 1 is 0.960 bits per heavy atom. The van der Waals surface area contributed by atoms with Gasteiger partial charge < -0.3 is 5.32 Å². The van der Waals surface area contributed by atoms with Gasteiger partial charge in [0.2, 0.25) is 10.0 Å². The zero-order valence-corrected chi connectivity index (χ0v) is 16.0. The Morgan fingerprint density at radius 2 is 1.64 bits per heavy atom. The van der Waals surface area contributed by atoms with Crippen LogP contribution in [0.2, 0.25) is 0 Å². The van der Waals surface area contributed by atoms with Crippen LogP contribution in [0.25, 0.3) is 0 Å². The predicted molar refractivity (Wildman–Crippen MR) is 99.4 cm³/mol. The largest absolute Gasteiger partial charge is 0.368 e. The van der Waals surface area contributed by atoms with E-state index < -0.39 is 20.8 Å². The third-order valence-electron chi connectivity index (χ3n) is 5.79. The molecule has 1 heterocycles. The van der Waals surface area contributed by atoms with Gasteiger partial charge in [0.15, 0.2) is 0 Å². The van der Waals surface area contributed by atoms with Gasteiger partial charge in [-0.2, -0.15) is 4.72 Å². The minimum absolute atomic E-state index is 0.167. The average molecular weight is 383 g/mol. The van der Waals surface area contributed by atoms with Crippen LogP contribution in [0, 0.1) is 5.92 Å². The molecule has 2 fully saturated rings. The van der Waals surface area contributed by atoms with Crippen molar-refractivity contribution in [2.45, 2.75) is 79.0 Å². The minimum atomic E-state index is -3.57. The van der Waals surface area contributed by atoms with Crippen molar-refractivity contribution < 1.29 is 12.6 Å². The van der Waals surface area contributed by atoms with Crippen molar-refractivity contribution in [3.05, 3.63) is 18.2 Å². The van der Waals surface area contributed by atoms with Crippen molar-refractivity contribution in [2.24, 2.45) is 5.92 Å². The van der Waals surface area contributed by atoms with Crippen LogP contribution in [0.1, 0.15) is 57.8 Å². The highest BCUT2D eigenvalue weighted by molar-refractivity contribution is 7.90. The molecule has 1 aliphatic heterocycles. The molecular weight excluding hydrogens is 356 g/mol. The first-order chi connectivity index (χ1) is 12.0. The lowest BCUT2D eigenvalue weighted by molar-refractivity contribution is 0.306. The fraction of sp³-hybridized carbons (Fsp3) is 0.667. The summed E-state index contributed by atoms with van der Waals surface area (Å²) in [5.74, 6) is 0.337. The van der Waals surface area contributed by atoms with Gasteiger partial charge in [0, 0.05) is 10.1 Å². The molecule has 0 spiro atoms. The maximum Gasteiger partial charge on any atom is 0.244 e. The van der Waals surface area contributed by atoms with Crippen molar-refractivity contribution in [2.75, 3.05) is 5.32 Å². The number of hydrogen-bond donors (Lipinski definition) is 2. The second kappa shape index (κ2) is 7.00. The first-order valence-corrected chi connectivity index (χ1v) is 12.1. The molecule has 2 unspecified atom stereocenters. The van der Waals surface area contributed by atoms with Gasteiger partial charge >= 0.3 is 0 Å². The molecule has 0 bridgehead atoms. The summed E-state index contributed by atoms with van der Waals surface area (Å²) < 4.78 is 41.1. The van der Waals surface area contributed by atoms with Crippen LogP contribution < -0.4 is 10.0 Å². The highest BCUT2D eigenvalue weighted by Crippen LogP contribution is 2.35. The third-order valence-corrected chi connectivity index (χ3v) is 9.07. The molecular formula is C18H26N2O3S2. The zero-order chi connectivity index (χ0) is 17.4. The van der Waals surface area contributed by atoms with Gasteiger partial charge in [-0.05, 0) is 49.8 Å². The number of nitrogens with one attached hydrogen (secondary N) is 2. The van der Waals surface area contributed by atoms with E-state index in [4.69, 9.17) is 0 Å². The summed E-state index contributed by atoms with van der Waals surface area (Å²) in [5, 5.41) is 3.54. The van der Waals surface area contributed by atoms with Crippen molar-refractivity contribution in [3.8, 4) is 0 Å². The molecule has 2 saturated carbocycles. The Hall–Kier alpha value is -0.920. The zero-order valence-electron chi connectivity index (χ0n) is 14.4. The first kappa shape index (κ1) is 17.5. The molecule has 3 aliphatic rings. The highest BCUT2D eigenvalue weighted by Gasteiger charge is 2.35. The summed E-state index contributed by atoms with van der Waals surface area (Å²) in [6.45, 7) is 0. The maximum atomic E-state index is 12.8. The van der Waals surface area contributed by atoms with Crippen LogP contribution in [-0.4, -0.2) is 24.0 Å². The molecule has 1 aromatic rings. The molecule has 0 aromatic heterocycles. The van der Waals surface area contributed by atoms with Crippen LogP contribution in [0.4, 0.5) is 5.69 Å². The molecule has 4 rings (SSSR count). The van der Waals surface area contributed by atoms with Gasteiger partial charge in [-0.3, -0.25) is 4.21 Å². The highest BCUT2D eigenvalue weighted by atomic mass is 32.2. The van der Waals surface area contributed by atoms with Crippen LogP contribution in [0.5, 0.6) is 0 Å². The van der Waals surface area contributed by atoms with Crippen molar-refractivity contribution in [3.63, 3.8) is 0 Å². The van der Waals surface area contributed by atoms with Gasteiger partial charge in [-0.25, -0.2) is 8.42 Å². The molecule has 1 aromatic carbocycles.